The van der Waals surface area contributed by atoms with Crippen molar-refractivity contribution in [2.75, 3.05) is 0 Å². The summed E-state index contributed by atoms with van der Waals surface area (Å²) in [6.45, 7) is 13.2. The maximum Gasteiger partial charge on any atom is 0.233 e. The first kappa shape index (κ1) is 11.7. The van der Waals surface area contributed by atoms with E-state index >= 15 is 0 Å². The molecule has 1 aliphatic heterocycles. The number of hydrogen-bond donors (Lipinski definition) is 1. The Kier molecular flexibility index (Phi) is 2.57. The Bertz CT molecular complexity index is 257. The summed E-state index contributed by atoms with van der Waals surface area (Å²) in [5.74, 6) is 0.143. The van der Waals surface area contributed by atoms with Gasteiger partial charge in [-0.3, -0.25) is 4.79 Å². The van der Waals surface area contributed by atoms with Gasteiger partial charge in [-0.25, -0.2) is 0 Å². The quantitative estimate of drug-likeness (QED) is 0.532. The van der Waals surface area contributed by atoms with E-state index in [1.54, 1.807) is 0 Å². The zero-order chi connectivity index (χ0) is 11.3. The summed E-state index contributed by atoms with van der Waals surface area (Å²) in [5, 5.41) is 0.205. The SMILES string of the molecule is C[C@@H]1[C@@H](N)C(=O)N1[Si](C)(C)C(C)(C)C. The molecule has 1 fully saturated rings. The average Bonchev–Trinajstić information content (AvgIpc) is 2.01. The smallest absolute Gasteiger partial charge is 0.233 e. The summed E-state index contributed by atoms with van der Waals surface area (Å²) in [7, 11) is -1.69. The Balaban J connectivity index is 2.91. The van der Waals surface area contributed by atoms with Crippen molar-refractivity contribution in [1.29, 1.82) is 0 Å². The molecule has 2 atom stereocenters. The average molecular weight is 214 g/mol. The van der Waals surface area contributed by atoms with Crippen LogP contribution in [0.4, 0.5) is 0 Å². The van der Waals surface area contributed by atoms with Crippen molar-refractivity contribution in [3.8, 4) is 0 Å². The molecule has 0 bridgehead atoms. The number of β-lactam (4-membered cyclic amide) rings is 1. The van der Waals surface area contributed by atoms with E-state index in [0.29, 0.717) is 0 Å². The monoisotopic (exact) mass is 214 g/mol. The van der Waals surface area contributed by atoms with Crippen LogP contribution in [-0.2, 0) is 4.79 Å². The number of carbonyl (C=O) groups is 1. The molecule has 1 saturated heterocycles. The van der Waals surface area contributed by atoms with Gasteiger partial charge in [0.2, 0.25) is 5.91 Å². The topological polar surface area (TPSA) is 46.3 Å². The first-order chi connectivity index (χ1) is 6.10. The molecule has 0 aromatic rings. The molecular formula is C10H22N2OSi. The van der Waals surface area contributed by atoms with Gasteiger partial charge in [0.05, 0.1) is 0 Å². The van der Waals surface area contributed by atoms with Gasteiger partial charge < -0.3 is 10.3 Å². The van der Waals surface area contributed by atoms with Crippen molar-refractivity contribution in [2.24, 2.45) is 5.73 Å². The highest BCUT2D eigenvalue weighted by Gasteiger charge is 2.54. The number of amides is 1. The van der Waals surface area contributed by atoms with Gasteiger partial charge in [-0.2, -0.15) is 0 Å². The van der Waals surface area contributed by atoms with E-state index in [-0.39, 0.29) is 23.0 Å². The van der Waals surface area contributed by atoms with E-state index in [1.165, 1.54) is 0 Å². The fourth-order valence-corrected chi connectivity index (χ4v) is 4.39. The van der Waals surface area contributed by atoms with Gasteiger partial charge in [-0.1, -0.05) is 33.9 Å². The fourth-order valence-electron chi connectivity index (χ4n) is 1.79. The predicted molar refractivity (Wildman–Crippen MR) is 61.5 cm³/mol. The second-order valence-electron chi connectivity index (χ2n) is 5.78. The molecule has 2 N–H and O–H groups in total. The minimum absolute atomic E-state index is 0.143. The van der Waals surface area contributed by atoms with Crippen LogP contribution in [0.2, 0.25) is 18.1 Å². The van der Waals surface area contributed by atoms with Crippen molar-refractivity contribution in [3.63, 3.8) is 0 Å². The Labute approximate surface area is 87.7 Å². The molecule has 1 rings (SSSR count). The summed E-state index contributed by atoms with van der Waals surface area (Å²) >= 11 is 0. The Morgan fingerprint density at radius 2 is 1.79 bits per heavy atom. The Hall–Kier alpha value is -0.353. The van der Waals surface area contributed by atoms with Crippen LogP contribution < -0.4 is 5.73 Å². The number of nitrogens with zero attached hydrogens (tertiary/aromatic N) is 1. The highest BCUT2D eigenvalue weighted by Crippen LogP contribution is 2.42. The highest BCUT2D eigenvalue weighted by atomic mass is 28.3. The van der Waals surface area contributed by atoms with Crippen LogP contribution in [0.15, 0.2) is 0 Å². The Morgan fingerprint density at radius 1 is 1.36 bits per heavy atom. The standard InChI is InChI=1S/C10H22N2OSi/c1-7-8(11)9(13)12(7)14(5,6)10(2,3)4/h7-8H,11H2,1-6H3/t7-,8-/m1/s1. The van der Waals surface area contributed by atoms with Crippen LogP contribution in [0.5, 0.6) is 0 Å². The van der Waals surface area contributed by atoms with E-state index in [1.807, 2.05) is 6.92 Å². The van der Waals surface area contributed by atoms with Crippen LogP contribution >= 0.6 is 0 Å². The lowest BCUT2D eigenvalue weighted by Crippen LogP contribution is -2.76. The number of hydrogen-bond acceptors (Lipinski definition) is 2. The van der Waals surface area contributed by atoms with E-state index < -0.39 is 8.24 Å². The third-order valence-corrected chi connectivity index (χ3v) is 9.39. The van der Waals surface area contributed by atoms with Crippen molar-refractivity contribution >= 4 is 14.1 Å². The number of rotatable bonds is 1. The maximum atomic E-state index is 11.7. The third kappa shape index (κ3) is 1.41. The van der Waals surface area contributed by atoms with Gasteiger partial charge in [0.1, 0.15) is 6.04 Å². The molecule has 3 nitrogen and oxygen atoms in total. The van der Waals surface area contributed by atoms with E-state index in [2.05, 4.69) is 38.4 Å². The second kappa shape index (κ2) is 3.07. The zero-order valence-electron chi connectivity index (χ0n) is 10.1. The summed E-state index contributed by atoms with van der Waals surface area (Å²) in [6, 6.07) is -0.0347. The van der Waals surface area contributed by atoms with Gasteiger partial charge in [-0.15, -0.1) is 0 Å². The minimum atomic E-state index is -1.69. The van der Waals surface area contributed by atoms with Gasteiger partial charge in [0.25, 0.3) is 0 Å². The summed E-state index contributed by atoms with van der Waals surface area (Å²) in [6.07, 6.45) is 0. The van der Waals surface area contributed by atoms with E-state index in [0.717, 1.165) is 0 Å². The van der Waals surface area contributed by atoms with Crippen LogP contribution in [0.1, 0.15) is 27.7 Å². The largest absolute Gasteiger partial charge is 0.363 e. The predicted octanol–water partition coefficient (Wildman–Crippen LogP) is 1.55. The molecule has 1 amide bonds. The summed E-state index contributed by atoms with van der Waals surface area (Å²) in [4.78, 5) is 11.7. The van der Waals surface area contributed by atoms with Crippen molar-refractivity contribution < 1.29 is 4.79 Å². The second-order valence-corrected chi connectivity index (χ2v) is 10.9. The van der Waals surface area contributed by atoms with Crippen molar-refractivity contribution in [1.82, 2.24) is 4.57 Å². The summed E-state index contributed by atoms with van der Waals surface area (Å²) in [5.41, 5.74) is 5.73. The molecule has 82 valence electrons. The molecule has 0 saturated carbocycles. The maximum absolute atomic E-state index is 11.7. The Morgan fingerprint density at radius 3 is 2.07 bits per heavy atom. The zero-order valence-corrected chi connectivity index (χ0v) is 11.1. The minimum Gasteiger partial charge on any atom is -0.363 e. The first-order valence-electron chi connectivity index (χ1n) is 5.19. The lowest BCUT2D eigenvalue weighted by atomic mass is 10.0. The molecule has 1 heterocycles. The van der Waals surface area contributed by atoms with Gasteiger partial charge in [-0.05, 0) is 12.0 Å². The fraction of sp³-hybridized carbons (Fsp3) is 0.900. The third-order valence-electron chi connectivity index (χ3n) is 3.89. The number of carbonyl (C=O) groups excluding carboxylic acids is 1. The highest BCUT2D eigenvalue weighted by molar-refractivity contribution is 6.80. The molecule has 1 aliphatic rings. The molecule has 0 aliphatic carbocycles. The first-order valence-corrected chi connectivity index (χ1v) is 8.14. The van der Waals surface area contributed by atoms with E-state index in [9.17, 15) is 4.79 Å². The molecule has 0 radical (unpaired) electrons. The van der Waals surface area contributed by atoms with E-state index in [4.69, 9.17) is 5.73 Å². The van der Waals surface area contributed by atoms with Gasteiger partial charge >= 0.3 is 0 Å². The normalized spacial score (nSPS) is 29.1. The lowest BCUT2D eigenvalue weighted by Gasteiger charge is -2.56. The molecular weight excluding hydrogens is 192 g/mol. The van der Waals surface area contributed by atoms with Crippen LogP contribution in [-0.4, -0.2) is 30.8 Å². The molecule has 0 aromatic heterocycles. The molecule has 14 heavy (non-hydrogen) atoms. The molecule has 0 aromatic carbocycles. The number of nitrogens with two attached hydrogens (primary N) is 1. The van der Waals surface area contributed by atoms with Gasteiger partial charge in [0, 0.05) is 6.04 Å². The molecule has 0 spiro atoms. The van der Waals surface area contributed by atoms with Crippen LogP contribution in [0.3, 0.4) is 0 Å². The van der Waals surface area contributed by atoms with Crippen molar-refractivity contribution in [2.45, 2.75) is 57.9 Å². The van der Waals surface area contributed by atoms with Crippen molar-refractivity contribution in [3.05, 3.63) is 0 Å². The van der Waals surface area contributed by atoms with Crippen LogP contribution in [0, 0.1) is 0 Å². The molecule has 0 unspecified atom stereocenters. The van der Waals surface area contributed by atoms with Crippen LogP contribution in [0.25, 0.3) is 0 Å². The van der Waals surface area contributed by atoms with Gasteiger partial charge in [0.15, 0.2) is 8.24 Å². The lowest BCUT2D eigenvalue weighted by molar-refractivity contribution is -0.140. The molecule has 4 heteroatoms. The summed E-state index contributed by atoms with van der Waals surface area (Å²) < 4.78 is 2.05.